The molecule has 0 radical (unpaired) electrons. The quantitative estimate of drug-likeness (QED) is 0.749. The van der Waals surface area contributed by atoms with E-state index in [0.717, 1.165) is 12.8 Å². The molecule has 1 aromatic carbocycles. The van der Waals surface area contributed by atoms with Gasteiger partial charge in [0.2, 0.25) is 11.8 Å². The minimum absolute atomic E-state index is 0.0505. The molecule has 0 fully saturated rings. The van der Waals surface area contributed by atoms with Crippen LogP contribution in [0.25, 0.3) is 0 Å². The molecule has 0 saturated carbocycles. The number of amides is 2. The molecule has 138 valence electrons. The predicted octanol–water partition coefficient (Wildman–Crippen LogP) is 3.25. The molecular formula is C20H25N3O3. The first-order valence-corrected chi connectivity index (χ1v) is 8.89. The van der Waals surface area contributed by atoms with Crippen molar-refractivity contribution in [1.29, 1.82) is 0 Å². The van der Waals surface area contributed by atoms with Crippen LogP contribution in [-0.4, -0.2) is 41.3 Å². The SMILES string of the molecule is CCCNC(=O)CN(CCC)C(=O)c1ccc(Oc2ccccc2)nc1. The monoisotopic (exact) mass is 355 g/mol. The molecule has 1 N–H and O–H groups in total. The van der Waals surface area contributed by atoms with Gasteiger partial charge in [-0.1, -0.05) is 32.0 Å². The van der Waals surface area contributed by atoms with Crippen LogP contribution >= 0.6 is 0 Å². The van der Waals surface area contributed by atoms with Gasteiger partial charge in [0.1, 0.15) is 5.75 Å². The molecule has 0 spiro atoms. The smallest absolute Gasteiger partial charge is 0.255 e. The Balaban J connectivity index is 2.02. The molecule has 1 aromatic heterocycles. The number of rotatable bonds is 9. The van der Waals surface area contributed by atoms with Gasteiger partial charge in [0.15, 0.2) is 0 Å². The zero-order valence-electron chi connectivity index (χ0n) is 15.3. The third-order valence-electron chi connectivity index (χ3n) is 3.64. The van der Waals surface area contributed by atoms with E-state index in [1.807, 2.05) is 44.2 Å². The first kappa shape index (κ1) is 19.4. The number of pyridine rings is 1. The summed E-state index contributed by atoms with van der Waals surface area (Å²) in [7, 11) is 0. The Morgan fingerprint density at radius 2 is 1.85 bits per heavy atom. The van der Waals surface area contributed by atoms with E-state index >= 15 is 0 Å². The van der Waals surface area contributed by atoms with Crippen LogP contribution in [0.4, 0.5) is 0 Å². The van der Waals surface area contributed by atoms with Crippen molar-refractivity contribution in [3.63, 3.8) is 0 Å². The van der Waals surface area contributed by atoms with E-state index in [2.05, 4.69) is 10.3 Å². The van der Waals surface area contributed by atoms with Crippen LogP contribution in [0.1, 0.15) is 37.0 Å². The van der Waals surface area contributed by atoms with Gasteiger partial charge in [-0.25, -0.2) is 4.98 Å². The maximum absolute atomic E-state index is 12.7. The molecule has 0 aliphatic rings. The zero-order valence-corrected chi connectivity index (χ0v) is 15.3. The molecule has 0 saturated heterocycles. The molecule has 2 rings (SSSR count). The zero-order chi connectivity index (χ0) is 18.8. The number of hydrogen-bond acceptors (Lipinski definition) is 4. The Bertz CT molecular complexity index is 702. The van der Waals surface area contributed by atoms with Crippen molar-refractivity contribution >= 4 is 11.8 Å². The standard InChI is InChI=1S/C20H25N3O3/c1-3-12-21-18(24)15-23(13-4-2)20(25)16-10-11-19(22-14-16)26-17-8-6-5-7-9-17/h5-11,14H,3-4,12-13,15H2,1-2H3,(H,21,24). The van der Waals surface area contributed by atoms with Crippen LogP contribution < -0.4 is 10.1 Å². The van der Waals surface area contributed by atoms with Crippen LogP contribution in [0.3, 0.4) is 0 Å². The number of nitrogens with zero attached hydrogens (tertiary/aromatic N) is 2. The summed E-state index contributed by atoms with van der Waals surface area (Å²) in [5.41, 5.74) is 0.433. The molecule has 0 bridgehead atoms. The Morgan fingerprint density at radius 1 is 1.08 bits per heavy atom. The number of nitrogens with one attached hydrogen (secondary N) is 1. The van der Waals surface area contributed by atoms with Gasteiger partial charge in [-0.2, -0.15) is 0 Å². The van der Waals surface area contributed by atoms with Gasteiger partial charge in [0.25, 0.3) is 5.91 Å². The Hall–Kier alpha value is -2.89. The predicted molar refractivity (Wildman–Crippen MR) is 100 cm³/mol. The summed E-state index contributed by atoms with van der Waals surface area (Å²) in [4.78, 5) is 30.4. The minimum Gasteiger partial charge on any atom is -0.439 e. The number of carbonyl (C=O) groups is 2. The van der Waals surface area contributed by atoms with Crippen LogP contribution in [0.15, 0.2) is 48.7 Å². The van der Waals surface area contributed by atoms with Crippen molar-refractivity contribution in [3.8, 4) is 11.6 Å². The highest BCUT2D eigenvalue weighted by atomic mass is 16.5. The fraction of sp³-hybridized carbons (Fsp3) is 0.350. The van der Waals surface area contributed by atoms with Gasteiger partial charge in [-0.3, -0.25) is 9.59 Å². The summed E-state index contributed by atoms with van der Waals surface area (Å²) in [5.74, 6) is 0.734. The third kappa shape index (κ3) is 5.88. The highest BCUT2D eigenvalue weighted by Crippen LogP contribution is 2.19. The van der Waals surface area contributed by atoms with Crippen LogP contribution in [-0.2, 0) is 4.79 Å². The topological polar surface area (TPSA) is 71.5 Å². The second-order valence-corrected chi connectivity index (χ2v) is 5.88. The minimum atomic E-state index is -0.211. The third-order valence-corrected chi connectivity index (χ3v) is 3.64. The van der Waals surface area contributed by atoms with Crippen molar-refractivity contribution in [1.82, 2.24) is 15.2 Å². The van der Waals surface area contributed by atoms with E-state index in [0.29, 0.717) is 30.3 Å². The van der Waals surface area contributed by atoms with Gasteiger partial charge in [0.05, 0.1) is 12.1 Å². The number of para-hydroxylation sites is 1. The highest BCUT2D eigenvalue weighted by Gasteiger charge is 2.18. The highest BCUT2D eigenvalue weighted by molar-refractivity contribution is 5.96. The van der Waals surface area contributed by atoms with Crippen molar-refractivity contribution in [2.45, 2.75) is 26.7 Å². The second kappa shape index (κ2) is 10.2. The second-order valence-electron chi connectivity index (χ2n) is 5.88. The van der Waals surface area contributed by atoms with E-state index in [9.17, 15) is 9.59 Å². The molecule has 6 heteroatoms. The molecule has 2 amide bonds. The molecule has 0 unspecified atom stereocenters. The largest absolute Gasteiger partial charge is 0.439 e. The normalized spacial score (nSPS) is 10.2. The number of benzene rings is 1. The maximum Gasteiger partial charge on any atom is 0.255 e. The van der Waals surface area contributed by atoms with E-state index < -0.39 is 0 Å². The molecule has 2 aromatic rings. The molecule has 0 aliphatic carbocycles. The average molecular weight is 355 g/mol. The van der Waals surface area contributed by atoms with E-state index in [1.165, 1.54) is 6.20 Å². The lowest BCUT2D eigenvalue weighted by Gasteiger charge is -2.21. The number of hydrogen-bond donors (Lipinski definition) is 1. The maximum atomic E-state index is 12.7. The van der Waals surface area contributed by atoms with Crippen molar-refractivity contribution < 1.29 is 14.3 Å². The molecule has 0 aliphatic heterocycles. The average Bonchev–Trinajstić information content (AvgIpc) is 2.67. The first-order valence-electron chi connectivity index (χ1n) is 8.89. The molecule has 1 heterocycles. The van der Waals surface area contributed by atoms with Crippen LogP contribution in [0, 0.1) is 0 Å². The lowest BCUT2D eigenvalue weighted by molar-refractivity contribution is -0.121. The van der Waals surface area contributed by atoms with Crippen LogP contribution in [0.2, 0.25) is 0 Å². The summed E-state index contributed by atoms with van der Waals surface area (Å²) >= 11 is 0. The van der Waals surface area contributed by atoms with Gasteiger partial charge in [-0.05, 0) is 31.0 Å². The van der Waals surface area contributed by atoms with Crippen molar-refractivity contribution in [3.05, 3.63) is 54.2 Å². The lowest BCUT2D eigenvalue weighted by atomic mass is 10.2. The summed E-state index contributed by atoms with van der Waals surface area (Å²) in [6, 6.07) is 12.6. The fourth-order valence-electron chi connectivity index (χ4n) is 2.38. The summed E-state index contributed by atoms with van der Waals surface area (Å²) in [6.45, 7) is 5.13. The Morgan fingerprint density at radius 3 is 2.46 bits per heavy atom. The summed E-state index contributed by atoms with van der Waals surface area (Å²) in [6.07, 6.45) is 3.11. The van der Waals surface area contributed by atoms with E-state index in [1.54, 1.807) is 17.0 Å². The number of carbonyl (C=O) groups excluding carboxylic acids is 2. The van der Waals surface area contributed by atoms with Crippen molar-refractivity contribution in [2.75, 3.05) is 19.6 Å². The molecular weight excluding hydrogens is 330 g/mol. The Kier molecular flexibility index (Phi) is 7.61. The fourth-order valence-corrected chi connectivity index (χ4v) is 2.38. The summed E-state index contributed by atoms with van der Waals surface area (Å²) in [5, 5.41) is 2.80. The molecule has 26 heavy (non-hydrogen) atoms. The number of ether oxygens (including phenoxy) is 1. The van der Waals surface area contributed by atoms with Gasteiger partial charge in [-0.15, -0.1) is 0 Å². The molecule has 0 atom stereocenters. The molecule has 6 nitrogen and oxygen atoms in total. The van der Waals surface area contributed by atoms with Gasteiger partial charge in [0, 0.05) is 25.4 Å². The lowest BCUT2D eigenvalue weighted by Crippen LogP contribution is -2.41. The van der Waals surface area contributed by atoms with Crippen molar-refractivity contribution in [2.24, 2.45) is 0 Å². The van der Waals surface area contributed by atoms with Crippen LogP contribution in [0.5, 0.6) is 11.6 Å². The summed E-state index contributed by atoms with van der Waals surface area (Å²) < 4.78 is 5.63. The van der Waals surface area contributed by atoms with Gasteiger partial charge >= 0.3 is 0 Å². The van der Waals surface area contributed by atoms with E-state index in [4.69, 9.17) is 4.74 Å². The Labute approximate surface area is 154 Å². The van der Waals surface area contributed by atoms with E-state index in [-0.39, 0.29) is 18.4 Å². The number of aromatic nitrogens is 1. The van der Waals surface area contributed by atoms with Gasteiger partial charge < -0.3 is 15.0 Å². The first-order chi connectivity index (χ1) is 12.6.